The number of carbonyl (C=O) groups excluding carboxylic acids is 1. The van der Waals surface area contributed by atoms with Crippen LogP contribution in [0.3, 0.4) is 0 Å². The normalized spacial score (nSPS) is 11.9. The lowest BCUT2D eigenvalue weighted by Crippen LogP contribution is -2.39. The number of ether oxygens (including phenoxy) is 1. The number of rotatable bonds is 6. The second-order valence-electron chi connectivity index (χ2n) is 4.10. The third-order valence-electron chi connectivity index (χ3n) is 2.49. The molecule has 0 saturated carbocycles. The SMILES string of the molecule is CNC(C)CNC(=O)COc1ccc(C)cc1. The van der Waals surface area contributed by atoms with E-state index in [1.807, 2.05) is 45.2 Å². The molecule has 0 aliphatic rings. The smallest absolute Gasteiger partial charge is 0.257 e. The van der Waals surface area contributed by atoms with Gasteiger partial charge in [-0.25, -0.2) is 0 Å². The summed E-state index contributed by atoms with van der Waals surface area (Å²) in [6.07, 6.45) is 0. The number of hydrogen-bond acceptors (Lipinski definition) is 3. The first-order valence-electron chi connectivity index (χ1n) is 5.75. The van der Waals surface area contributed by atoms with Crippen molar-refractivity contribution < 1.29 is 9.53 Å². The number of hydrogen-bond donors (Lipinski definition) is 2. The minimum absolute atomic E-state index is 0.0551. The molecule has 1 aromatic rings. The molecule has 1 unspecified atom stereocenters. The van der Waals surface area contributed by atoms with Gasteiger partial charge in [-0.1, -0.05) is 17.7 Å². The summed E-state index contributed by atoms with van der Waals surface area (Å²) in [4.78, 5) is 11.4. The molecule has 0 fully saturated rings. The molecule has 0 aliphatic heterocycles. The number of benzene rings is 1. The van der Waals surface area contributed by atoms with Crippen molar-refractivity contribution >= 4 is 5.91 Å². The maximum atomic E-state index is 11.4. The van der Waals surface area contributed by atoms with Crippen LogP contribution in [0, 0.1) is 6.92 Å². The van der Waals surface area contributed by atoms with Crippen LogP contribution in [0.1, 0.15) is 12.5 Å². The molecule has 1 amide bonds. The molecule has 17 heavy (non-hydrogen) atoms. The molecule has 0 heterocycles. The Morgan fingerprint density at radius 2 is 2.00 bits per heavy atom. The van der Waals surface area contributed by atoms with Crippen molar-refractivity contribution in [2.24, 2.45) is 0 Å². The molecule has 0 saturated heterocycles. The van der Waals surface area contributed by atoms with Crippen LogP contribution in [-0.4, -0.2) is 32.1 Å². The van der Waals surface area contributed by atoms with Crippen LogP contribution in [0.4, 0.5) is 0 Å². The van der Waals surface area contributed by atoms with Gasteiger partial charge in [0.25, 0.3) is 5.91 Å². The van der Waals surface area contributed by atoms with Crippen molar-refractivity contribution in [3.63, 3.8) is 0 Å². The standard InChI is InChI=1S/C13H20N2O2/c1-10-4-6-12(7-5-10)17-9-13(16)15-8-11(2)14-3/h4-7,11,14H,8-9H2,1-3H3,(H,15,16). The highest BCUT2D eigenvalue weighted by Gasteiger charge is 2.04. The first-order valence-corrected chi connectivity index (χ1v) is 5.75. The van der Waals surface area contributed by atoms with Gasteiger partial charge in [-0.2, -0.15) is 0 Å². The van der Waals surface area contributed by atoms with Crippen LogP contribution >= 0.6 is 0 Å². The van der Waals surface area contributed by atoms with Crippen LogP contribution in [0.25, 0.3) is 0 Å². The quantitative estimate of drug-likeness (QED) is 0.777. The van der Waals surface area contributed by atoms with Gasteiger partial charge >= 0.3 is 0 Å². The average Bonchev–Trinajstić information content (AvgIpc) is 2.35. The van der Waals surface area contributed by atoms with Crippen LogP contribution in [0.5, 0.6) is 5.75 Å². The van der Waals surface area contributed by atoms with E-state index in [-0.39, 0.29) is 18.6 Å². The zero-order chi connectivity index (χ0) is 12.7. The molecule has 0 aromatic heterocycles. The Kier molecular flexibility index (Phi) is 5.49. The number of nitrogens with one attached hydrogen (secondary N) is 2. The largest absolute Gasteiger partial charge is 0.484 e. The van der Waals surface area contributed by atoms with Gasteiger partial charge in [0.05, 0.1) is 0 Å². The molecule has 0 spiro atoms. The van der Waals surface area contributed by atoms with Crippen molar-refractivity contribution in [1.29, 1.82) is 0 Å². The Bertz CT molecular complexity index is 349. The lowest BCUT2D eigenvalue weighted by Gasteiger charge is -2.11. The lowest BCUT2D eigenvalue weighted by molar-refractivity contribution is -0.123. The Hall–Kier alpha value is -1.55. The Labute approximate surface area is 102 Å². The van der Waals surface area contributed by atoms with Gasteiger partial charge in [0.2, 0.25) is 0 Å². The fourth-order valence-electron chi connectivity index (χ4n) is 1.20. The van der Waals surface area contributed by atoms with Crippen molar-refractivity contribution in [2.75, 3.05) is 20.2 Å². The molecule has 94 valence electrons. The topological polar surface area (TPSA) is 50.4 Å². The van der Waals surface area contributed by atoms with Gasteiger partial charge in [-0.3, -0.25) is 4.79 Å². The fraction of sp³-hybridized carbons (Fsp3) is 0.462. The van der Waals surface area contributed by atoms with Gasteiger partial charge in [-0.05, 0) is 33.0 Å². The number of carbonyl (C=O) groups is 1. The molecular weight excluding hydrogens is 216 g/mol. The molecule has 4 nitrogen and oxygen atoms in total. The van der Waals surface area contributed by atoms with E-state index < -0.39 is 0 Å². The number of aryl methyl sites for hydroxylation is 1. The molecule has 0 radical (unpaired) electrons. The first-order chi connectivity index (χ1) is 8.11. The predicted molar refractivity (Wildman–Crippen MR) is 68.2 cm³/mol. The van der Waals surface area contributed by atoms with Gasteiger partial charge in [0.1, 0.15) is 5.75 Å². The van der Waals surface area contributed by atoms with Crippen molar-refractivity contribution in [1.82, 2.24) is 10.6 Å². The van der Waals surface area contributed by atoms with E-state index in [0.29, 0.717) is 12.3 Å². The molecule has 4 heteroatoms. The number of amides is 1. The third kappa shape index (κ3) is 5.36. The zero-order valence-corrected chi connectivity index (χ0v) is 10.6. The predicted octanol–water partition coefficient (Wildman–Crippen LogP) is 1.10. The highest BCUT2D eigenvalue weighted by Crippen LogP contribution is 2.10. The molecule has 1 rings (SSSR count). The van der Waals surface area contributed by atoms with E-state index in [0.717, 1.165) is 0 Å². The summed E-state index contributed by atoms with van der Waals surface area (Å²) in [6, 6.07) is 7.89. The second-order valence-corrected chi connectivity index (χ2v) is 4.10. The van der Waals surface area contributed by atoms with Gasteiger partial charge in [0.15, 0.2) is 6.61 Å². The zero-order valence-electron chi connectivity index (χ0n) is 10.6. The minimum atomic E-state index is -0.104. The highest BCUT2D eigenvalue weighted by atomic mass is 16.5. The maximum absolute atomic E-state index is 11.4. The van der Waals surface area contributed by atoms with Crippen molar-refractivity contribution in [2.45, 2.75) is 19.9 Å². The number of likely N-dealkylation sites (N-methyl/N-ethyl adjacent to an activating group) is 1. The average molecular weight is 236 g/mol. The van der Waals surface area contributed by atoms with Crippen LogP contribution in [0.15, 0.2) is 24.3 Å². The van der Waals surface area contributed by atoms with Gasteiger partial charge in [0, 0.05) is 12.6 Å². The Balaban J connectivity index is 2.26. The van der Waals surface area contributed by atoms with Gasteiger partial charge in [-0.15, -0.1) is 0 Å². The minimum Gasteiger partial charge on any atom is -0.484 e. The van der Waals surface area contributed by atoms with E-state index in [4.69, 9.17) is 4.74 Å². The third-order valence-corrected chi connectivity index (χ3v) is 2.49. The fourth-order valence-corrected chi connectivity index (χ4v) is 1.20. The Morgan fingerprint density at radius 1 is 1.35 bits per heavy atom. The summed E-state index contributed by atoms with van der Waals surface area (Å²) in [6.45, 7) is 4.67. The van der Waals surface area contributed by atoms with E-state index in [1.165, 1.54) is 5.56 Å². The van der Waals surface area contributed by atoms with E-state index in [1.54, 1.807) is 0 Å². The molecule has 2 N–H and O–H groups in total. The first kappa shape index (κ1) is 13.5. The summed E-state index contributed by atoms with van der Waals surface area (Å²) in [7, 11) is 1.86. The summed E-state index contributed by atoms with van der Waals surface area (Å²) >= 11 is 0. The van der Waals surface area contributed by atoms with Crippen molar-refractivity contribution in [3.05, 3.63) is 29.8 Å². The van der Waals surface area contributed by atoms with E-state index >= 15 is 0 Å². The molecular formula is C13H20N2O2. The molecule has 0 bridgehead atoms. The lowest BCUT2D eigenvalue weighted by atomic mass is 10.2. The highest BCUT2D eigenvalue weighted by molar-refractivity contribution is 5.77. The van der Waals surface area contributed by atoms with Gasteiger partial charge < -0.3 is 15.4 Å². The molecule has 1 atom stereocenters. The molecule has 0 aliphatic carbocycles. The Morgan fingerprint density at radius 3 is 2.59 bits per heavy atom. The monoisotopic (exact) mass is 236 g/mol. The van der Waals surface area contributed by atoms with Crippen molar-refractivity contribution in [3.8, 4) is 5.75 Å². The van der Waals surface area contributed by atoms with Crippen LogP contribution in [-0.2, 0) is 4.79 Å². The summed E-state index contributed by atoms with van der Waals surface area (Å²) < 4.78 is 5.36. The van der Waals surface area contributed by atoms with Crippen LogP contribution in [0.2, 0.25) is 0 Å². The summed E-state index contributed by atoms with van der Waals surface area (Å²) in [5.74, 6) is 0.611. The summed E-state index contributed by atoms with van der Waals surface area (Å²) in [5, 5.41) is 5.83. The van der Waals surface area contributed by atoms with E-state index in [9.17, 15) is 4.79 Å². The second kappa shape index (κ2) is 6.91. The van der Waals surface area contributed by atoms with Crippen LogP contribution < -0.4 is 15.4 Å². The summed E-state index contributed by atoms with van der Waals surface area (Å²) in [5.41, 5.74) is 1.17. The maximum Gasteiger partial charge on any atom is 0.257 e. The molecule has 1 aromatic carbocycles. The van der Waals surface area contributed by atoms with E-state index in [2.05, 4.69) is 10.6 Å².